The van der Waals surface area contributed by atoms with E-state index < -0.39 is 0 Å². The van der Waals surface area contributed by atoms with E-state index in [9.17, 15) is 0 Å². The van der Waals surface area contributed by atoms with Crippen LogP contribution in [-0.4, -0.2) is 25.8 Å². The molecular weight excluding hydrogens is 257 g/mol. The Morgan fingerprint density at radius 1 is 1.35 bits per heavy atom. The minimum absolute atomic E-state index is 0.140. The Balaban J connectivity index is 2.78. The van der Waals surface area contributed by atoms with E-state index in [-0.39, 0.29) is 12.1 Å². The molecule has 0 aromatic heterocycles. The van der Waals surface area contributed by atoms with Gasteiger partial charge in [-0.25, -0.2) is 0 Å². The molecule has 96 valence electrons. The molecule has 0 aliphatic carbocycles. The van der Waals surface area contributed by atoms with Gasteiger partial charge < -0.3 is 10.1 Å². The molecule has 0 heterocycles. The topological polar surface area (TPSA) is 21.3 Å². The predicted octanol–water partition coefficient (Wildman–Crippen LogP) is 3.55. The van der Waals surface area contributed by atoms with Gasteiger partial charge in [0.15, 0.2) is 0 Å². The van der Waals surface area contributed by atoms with Crippen molar-refractivity contribution in [3.05, 3.63) is 33.8 Å². The maximum absolute atomic E-state index is 6.17. The van der Waals surface area contributed by atoms with Gasteiger partial charge in [-0.15, -0.1) is 0 Å². The lowest BCUT2D eigenvalue weighted by Crippen LogP contribution is -2.41. The summed E-state index contributed by atoms with van der Waals surface area (Å²) < 4.78 is 5.37. The first-order chi connectivity index (χ1) is 8.08. The quantitative estimate of drug-likeness (QED) is 0.858. The Kier molecular flexibility index (Phi) is 6.28. The maximum atomic E-state index is 6.17. The van der Waals surface area contributed by atoms with Gasteiger partial charge in [0.25, 0.3) is 0 Å². The smallest absolute Gasteiger partial charge is 0.0699 e. The van der Waals surface area contributed by atoms with Crippen molar-refractivity contribution < 1.29 is 4.74 Å². The lowest BCUT2D eigenvalue weighted by molar-refractivity contribution is 0.0836. The summed E-state index contributed by atoms with van der Waals surface area (Å²) in [6.45, 7) is 5.04. The molecule has 0 spiro atoms. The minimum atomic E-state index is 0.140. The van der Waals surface area contributed by atoms with Crippen LogP contribution in [0.1, 0.15) is 19.4 Å². The SMILES string of the molecule is CCNC(Cc1ccc(Cl)cc1Cl)C(C)OC. The summed E-state index contributed by atoms with van der Waals surface area (Å²) in [7, 11) is 1.72. The van der Waals surface area contributed by atoms with Crippen molar-refractivity contribution in [2.75, 3.05) is 13.7 Å². The number of nitrogens with one attached hydrogen (secondary N) is 1. The van der Waals surface area contributed by atoms with Gasteiger partial charge >= 0.3 is 0 Å². The second-order valence-corrected chi connectivity index (χ2v) is 4.89. The Hall–Kier alpha value is -0.280. The van der Waals surface area contributed by atoms with Crippen LogP contribution in [-0.2, 0) is 11.2 Å². The first-order valence-corrected chi connectivity index (χ1v) is 6.54. The molecular formula is C13H19Cl2NO. The van der Waals surface area contributed by atoms with Gasteiger partial charge in [-0.3, -0.25) is 0 Å². The molecule has 0 saturated heterocycles. The first kappa shape index (κ1) is 14.8. The monoisotopic (exact) mass is 275 g/mol. The van der Waals surface area contributed by atoms with Crippen LogP contribution in [0.3, 0.4) is 0 Å². The minimum Gasteiger partial charge on any atom is -0.380 e. The number of hydrogen-bond donors (Lipinski definition) is 1. The predicted molar refractivity (Wildman–Crippen MR) is 74.1 cm³/mol. The van der Waals surface area contributed by atoms with Crippen molar-refractivity contribution in [1.82, 2.24) is 5.32 Å². The molecule has 0 bridgehead atoms. The van der Waals surface area contributed by atoms with E-state index in [2.05, 4.69) is 19.2 Å². The van der Waals surface area contributed by atoms with Gasteiger partial charge in [0, 0.05) is 23.2 Å². The highest BCUT2D eigenvalue weighted by Gasteiger charge is 2.17. The van der Waals surface area contributed by atoms with Gasteiger partial charge in [0.05, 0.1) is 6.10 Å². The Morgan fingerprint density at radius 3 is 2.59 bits per heavy atom. The van der Waals surface area contributed by atoms with E-state index in [1.807, 2.05) is 12.1 Å². The van der Waals surface area contributed by atoms with Gasteiger partial charge in [-0.05, 0) is 37.6 Å². The molecule has 2 nitrogen and oxygen atoms in total. The van der Waals surface area contributed by atoms with E-state index in [1.165, 1.54) is 0 Å². The Morgan fingerprint density at radius 2 is 2.06 bits per heavy atom. The molecule has 0 aliphatic heterocycles. The average Bonchev–Trinajstić information content (AvgIpc) is 2.30. The third-order valence-corrected chi connectivity index (χ3v) is 3.45. The number of likely N-dealkylation sites (N-methyl/N-ethyl adjacent to an activating group) is 1. The van der Waals surface area contributed by atoms with Crippen molar-refractivity contribution in [3.8, 4) is 0 Å². The molecule has 0 radical (unpaired) electrons. The number of halogens is 2. The second kappa shape index (κ2) is 7.22. The highest BCUT2D eigenvalue weighted by atomic mass is 35.5. The zero-order chi connectivity index (χ0) is 12.8. The molecule has 1 aromatic carbocycles. The third-order valence-electron chi connectivity index (χ3n) is 2.86. The molecule has 4 heteroatoms. The van der Waals surface area contributed by atoms with E-state index >= 15 is 0 Å². The summed E-state index contributed by atoms with van der Waals surface area (Å²) in [6, 6.07) is 5.86. The number of benzene rings is 1. The van der Waals surface area contributed by atoms with Crippen molar-refractivity contribution >= 4 is 23.2 Å². The van der Waals surface area contributed by atoms with Crippen molar-refractivity contribution in [3.63, 3.8) is 0 Å². The highest BCUT2D eigenvalue weighted by molar-refractivity contribution is 6.35. The van der Waals surface area contributed by atoms with Crippen LogP contribution in [0, 0.1) is 0 Å². The number of methoxy groups -OCH3 is 1. The second-order valence-electron chi connectivity index (χ2n) is 4.04. The standard InChI is InChI=1S/C13H19Cl2NO/c1-4-16-13(9(2)17-3)7-10-5-6-11(14)8-12(10)15/h5-6,8-9,13,16H,4,7H2,1-3H3. The summed E-state index contributed by atoms with van der Waals surface area (Å²) in [6.07, 6.45) is 0.973. The largest absolute Gasteiger partial charge is 0.380 e. The normalized spacial score (nSPS) is 14.6. The van der Waals surface area contributed by atoms with E-state index in [0.717, 1.165) is 18.5 Å². The van der Waals surface area contributed by atoms with Crippen LogP contribution in [0.15, 0.2) is 18.2 Å². The molecule has 17 heavy (non-hydrogen) atoms. The van der Waals surface area contributed by atoms with E-state index in [1.54, 1.807) is 13.2 Å². The van der Waals surface area contributed by atoms with E-state index in [4.69, 9.17) is 27.9 Å². The molecule has 0 saturated carbocycles. The molecule has 1 aromatic rings. The van der Waals surface area contributed by atoms with Gasteiger partial charge in [0.1, 0.15) is 0 Å². The van der Waals surface area contributed by atoms with Crippen molar-refractivity contribution in [2.24, 2.45) is 0 Å². The highest BCUT2D eigenvalue weighted by Crippen LogP contribution is 2.22. The maximum Gasteiger partial charge on any atom is 0.0699 e. The summed E-state index contributed by atoms with van der Waals surface area (Å²) in [4.78, 5) is 0. The Bertz CT molecular complexity index is 357. The van der Waals surface area contributed by atoms with Crippen LogP contribution in [0.2, 0.25) is 10.0 Å². The van der Waals surface area contributed by atoms with Crippen LogP contribution >= 0.6 is 23.2 Å². The number of rotatable bonds is 6. The summed E-state index contributed by atoms with van der Waals surface area (Å²) in [5, 5.41) is 4.78. The lowest BCUT2D eigenvalue weighted by Gasteiger charge is -2.24. The molecule has 1 rings (SSSR count). The van der Waals surface area contributed by atoms with Crippen LogP contribution < -0.4 is 5.32 Å². The molecule has 2 atom stereocenters. The molecule has 0 aliphatic rings. The summed E-state index contributed by atoms with van der Waals surface area (Å²) in [5.74, 6) is 0. The lowest BCUT2D eigenvalue weighted by atomic mass is 10.0. The van der Waals surface area contributed by atoms with Crippen LogP contribution in [0.5, 0.6) is 0 Å². The zero-order valence-corrected chi connectivity index (χ0v) is 12.0. The third kappa shape index (κ3) is 4.47. The van der Waals surface area contributed by atoms with Gasteiger partial charge in [-0.2, -0.15) is 0 Å². The van der Waals surface area contributed by atoms with E-state index in [0.29, 0.717) is 10.0 Å². The van der Waals surface area contributed by atoms with Gasteiger partial charge in [0.2, 0.25) is 0 Å². The first-order valence-electron chi connectivity index (χ1n) is 5.78. The molecule has 1 N–H and O–H groups in total. The van der Waals surface area contributed by atoms with Crippen molar-refractivity contribution in [2.45, 2.75) is 32.4 Å². The van der Waals surface area contributed by atoms with Crippen molar-refractivity contribution in [1.29, 1.82) is 0 Å². The fraction of sp³-hybridized carbons (Fsp3) is 0.538. The molecule has 0 amide bonds. The summed E-state index contributed by atoms with van der Waals surface area (Å²) >= 11 is 12.0. The van der Waals surface area contributed by atoms with Crippen LogP contribution in [0.4, 0.5) is 0 Å². The molecule has 2 unspecified atom stereocenters. The fourth-order valence-electron chi connectivity index (χ4n) is 1.75. The van der Waals surface area contributed by atoms with Gasteiger partial charge in [-0.1, -0.05) is 36.2 Å². The fourth-order valence-corrected chi connectivity index (χ4v) is 2.24. The Labute approximate surface area is 113 Å². The zero-order valence-electron chi connectivity index (χ0n) is 10.5. The number of ether oxygens (including phenoxy) is 1. The van der Waals surface area contributed by atoms with Crippen LogP contribution in [0.25, 0.3) is 0 Å². The summed E-state index contributed by atoms with van der Waals surface area (Å²) in [5.41, 5.74) is 1.09. The average molecular weight is 276 g/mol. The number of hydrogen-bond acceptors (Lipinski definition) is 2. The molecule has 0 fully saturated rings.